The summed E-state index contributed by atoms with van der Waals surface area (Å²) in [5, 5.41) is 3.33. The van der Waals surface area contributed by atoms with Gasteiger partial charge in [-0.05, 0) is 25.5 Å². The minimum atomic E-state index is 0.578. The van der Waals surface area contributed by atoms with Gasteiger partial charge in [-0.1, -0.05) is 29.8 Å². The average molecular weight is 210 g/mol. The molecule has 0 bridgehead atoms. The monoisotopic (exact) mass is 209 g/mol. The Morgan fingerprint density at radius 2 is 2.07 bits per heavy atom. The average Bonchev–Trinajstić information content (AvgIpc) is 2.15. The SMILES string of the molecule is Cc1ccc(NC/C=C/CCl)c(C)c1. The molecule has 0 radical (unpaired) electrons. The van der Waals surface area contributed by atoms with Crippen LogP contribution in [0.4, 0.5) is 5.69 Å². The van der Waals surface area contributed by atoms with Crippen LogP contribution in [0.2, 0.25) is 0 Å². The number of hydrogen-bond donors (Lipinski definition) is 1. The van der Waals surface area contributed by atoms with Gasteiger partial charge < -0.3 is 5.32 Å². The molecule has 1 rings (SSSR count). The zero-order valence-corrected chi connectivity index (χ0v) is 9.43. The third kappa shape index (κ3) is 3.43. The van der Waals surface area contributed by atoms with E-state index in [2.05, 4.69) is 37.4 Å². The molecule has 14 heavy (non-hydrogen) atoms. The maximum absolute atomic E-state index is 5.52. The van der Waals surface area contributed by atoms with Crippen LogP contribution in [0, 0.1) is 13.8 Å². The standard InChI is InChI=1S/C12H16ClN/c1-10-5-6-12(11(2)9-10)14-8-4-3-7-13/h3-6,9,14H,7-8H2,1-2H3/b4-3+. The second-order valence-electron chi connectivity index (χ2n) is 3.32. The predicted octanol–water partition coefficient (Wildman–Crippen LogP) is 3.51. The summed E-state index contributed by atoms with van der Waals surface area (Å²) in [7, 11) is 0. The zero-order chi connectivity index (χ0) is 10.4. The van der Waals surface area contributed by atoms with E-state index in [4.69, 9.17) is 11.6 Å². The van der Waals surface area contributed by atoms with Crippen LogP contribution in [0.1, 0.15) is 11.1 Å². The Balaban J connectivity index is 2.55. The maximum Gasteiger partial charge on any atom is 0.0404 e. The van der Waals surface area contributed by atoms with Gasteiger partial charge in [0.25, 0.3) is 0 Å². The molecule has 0 saturated heterocycles. The Labute approximate surface area is 90.8 Å². The molecule has 0 aliphatic carbocycles. The first-order valence-electron chi connectivity index (χ1n) is 4.76. The summed E-state index contributed by atoms with van der Waals surface area (Å²) in [6.07, 6.45) is 3.98. The van der Waals surface area contributed by atoms with Crippen LogP contribution in [0.5, 0.6) is 0 Å². The predicted molar refractivity (Wildman–Crippen MR) is 64.3 cm³/mol. The van der Waals surface area contributed by atoms with Crippen LogP contribution in [-0.2, 0) is 0 Å². The molecule has 1 nitrogen and oxygen atoms in total. The van der Waals surface area contributed by atoms with Crippen molar-refractivity contribution in [3.63, 3.8) is 0 Å². The molecule has 0 aliphatic rings. The molecule has 1 aromatic carbocycles. The molecule has 76 valence electrons. The van der Waals surface area contributed by atoms with Gasteiger partial charge in [0, 0.05) is 18.1 Å². The molecule has 0 heterocycles. The number of allylic oxidation sites excluding steroid dienone is 1. The van der Waals surface area contributed by atoms with Crippen LogP contribution >= 0.6 is 11.6 Å². The van der Waals surface area contributed by atoms with E-state index in [0.717, 1.165) is 6.54 Å². The summed E-state index contributed by atoms with van der Waals surface area (Å²) in [5.74, 6) is 0.578. The fourth-order valence-electron chi connectivity index (χ4n) is 1.33. The molecule has 0 saturated carbocycles. The molecule has 0 fully saturated rings. The molecule has 1 N–H and O–H groups in total. The van der Waals surface area contributed by atoms with Crippen molar-refractivity contribution in [1.82, 2.24) is 0 Å². The smallest absolute Gasteiger partial charge is 0.0404 e. The van der Waals surface area contributed by atoms with E-state index in [0.29, 0.717) is 5.88 Å². The number of alkyl halides is 1. The number of nitrogens with one attached hydrogen (secondary N) is 1. The van der Waals surface area contributed by atoms with Crippen LogP contribution < -0.4 is 5.32 Å². The van der Waals surface area contributed by atoms with Gasteiger partial charge in [0.15, 0.2) is 0 Å². The van der Waals surface area contributed by atoms with Crippen molar-refractivity contribution in [2.45, 2.75) is 13.8 Å². The van der Waals surface area contributed by atoms with Crippen molar-refractivity contribution < 1.29 is 0 Å². The largest absolute Gasteiger partial charge is 0.381 e. The van der Waals surface area contributed by atoms with Gasteiger partial charge in [-0.3, -0.25) is 0 Å². The Bertz CT molecular complexity index is 318. The normalized spacial score (nSPS) is 10.8. The second kappa shape index (κ2) is 5.71. The summed E-state index contributed by atoms with van der Waals surface area (Å²) in [6, 6.07) is 6.40. The van der Waals surface area contributed by atoms with E-state index in [1.807, 2.05) is 12.2 Å². The van der Waals surface area contributed by atoms with E-state index in [1.165, 1.54) is 16.8 Å². The Morgan fingerprint density at radius 1 is 1.29 bits per heavy atom. The molecule has 2 heteroatoms. The third-order valence-electron chi connectivity index (χ3n) is 2.05. The zero-order valence-electron chi connectivity index (χ0n) is 8.68. The lowest BCUT2D eigenvalue weighted by atomic mass is 10.1. The number of anilines is 1. The highest BCUT2D eigenvalue weighted by atomic mass is 35.5. The number of aryl methyl sites for hydroxylation is 2. The van der Waals surface area contributed by atoms with Crippen molar-refractivity contribution in [2.75, 3.05) is 17.7 Å². The van der Waals surface area contributed by atoms with Gasteiger partial charge in [-0.2, -0.15) is 0 Å². The van der Waals surface area contributed by atoms with Crippen LogP contribution in [0.25, 0.3) is 0 Å². The first-order valence-corrected chi connectivity index (χ1v) is 5.29. The number of rotatable bonds is 4. The van der Waals surface area contributed by atoms with Crippen LogP contribution in [-0.4, -0.2) is 12.4 Å². The lowest BCUT2D eigenvalue weighted by molar-refractivity contribution is 1.28. The summed E-state index contributed by atoms with van der Waals surface area (Å²) in [6.45, 7) is 5.04. The molecule has 0 unspecified atom stereocenters. The fourth-order valence-corrected chi connectivity index (χ4v) is 1.45. The van der Waals surface area contributed by atoms with Crippen LogP contribution in [0.3, 0.4) is 0 Å². The van der Waals surface area contributed by atoms with Crippen molar-refractivity contribution in [3.05, 3.63) is 41.5 Å². The van der Waals surface area contributed by atoms with E-state index in [1.54, 1.807) is 0 Å². The Morgan fingerprint density at radius 3 is 2.71 bits per heavy atom. The van der Waals surface area contributed by atoms with Crippen molar-refractivity contribution >= 4 is 17.3 Å². The molecule has 0 atom stereocenters. The first-order chi connectivity index (χ1) is 6.74. The highest BCUT2D eigenvalue weighted by Gasteiger charge is 1.95. The van der Waals surface area contributed by atoms with Gasteiger partial charge >= 0.3 is 0 Å². The van der Waals surface area contributed by atoms with Crippen LogP contribution in [0.15, 0.2) is 30.4 Å². The van der Waals surface area contributed by atoms with Gasteiger partial charge in [-0.15, -0.1) is 11.6 Å². The molecule has 1 aromatic rings. The highest BCUT2D eigenvalue weighted by molar-refractivity contribution is 6.18. The van der Waals surface area contributed by atoms with Gasteiger partial charge in [0.1, 0.15) is 0 Å². The molecular formula is C12H16ClN. The molecule has 0 spiro atoms. The quantitative estimate of drug-likeness (QED) is 0.591. The van der Waals surface area contributed by atoms with Gasteiger partial charge in [-0.25, -0.2) is 0 Å². The van der Waals surface area contributed by atoms with E-state index < -0.39 is 0 Å². The summed E-state index contributed by atoms with van der Waals surface area (Å²) < 4.78 is 0. The lowest BCUT2D eigenvalue weighted by Crippen LogP contribution is -2.00. The number of hydrogen-bond acceptors (Lipinski definition) is 1. The Hall–Kier alpha value is -0.950. The summed E-state index contributed by atoms with van der Waals surface area (Å²) in [5.41, 5.74) is 3.77. The number of benzene rings is 1. The minimum Gasteiger partial charge on any atom is -0.381 e. The summed E-state index contributed by atoms with van der Waals surface area (Å²) >= 11 is 5.52. The van der Waals surface area contributed by atoms with Gasteiger partial charge in [0.05, 0.1) is 0 Å². The van der Waals surface area contributed by atoms with Gasteiger partial charge in [0.2, 0.25) is 0 Å². The van der Waals surface area contributed by atoms with E-state index >= 15 is 0 Å². The van der Waals surface area contributed by atoms with Crippen molar-refractivity contribution in [1.29, 1.82) is 0 Å². The lowest BCUT2D eigenvalue weighted by Gasteiger charge is -2.07. The molecular weight excluding hydrogens is 194 g/mol. The van der Waals surface area contributed by atoms with Crippen molar-refractivity contribution in [3.8, 4) is 0 Å². The second-order valence-corrected chi connectivity index (χ2v) is 3.63. The van der Waals surface area contributed by atoms with E-state index in [9.17, 15) is 0 Å². The topological polar surface area (TPSA) is 12.0 Å². The first kappa shape index (κ1) is 11.1. The Kier molecular flexibility index (Phi) is 4.54. The minimum absolute atomic E-state index is 0.578. The molecule has 0 aliphatic heterocycles. The van der Waals surface area contributed by atoms with Crippen molar-refractivity contribution in [2.24, 2.45) is 0 Å². The van der Waals surface area contributed by atoms with E-state index in [-0.39, 0.29) is 0 Å². The maximum atomic E-state index is 5.52. The fraction of sp³-hybridized carbons (Fsp3) is 0.333. The summed E-state index contributed by atoms with van der Waals surface area (Å²) in [4.78, 5) is 0. The third-order valence-corrected chi connectivity index (χ3v) is 2.23. The highest BCUT2D eigenvalue weighted by Crippen LogP contribution is 2.15. The number of halogens is 1. The molecule has 0 aromatic heterocycles. The molecule has 0 amide bonds.